The van der Waals surface area contributed by atoms with E-state index in [1.54, 1.807) is 0 Å². The molecule has 0 aliphatic carbocycles. The molecule has 0 bridgehead atoms. The molecule has 11 aromatic rings. The molecule has 0 unspecified atom stereocenters. The quantitative estimate of drug-likeness (QED) is 0.163. The second kappa shape index (κ2) is 12.4. The number of fused-ring (bicyclic) bond motifs is 11. The van der Waals surface area contributed by atoms with Gasteiger partial charge in [-0.25, -0.2) is 0 Å². The lowest BCUT2D eigenvalue weighted by Crippen LogP contribution is -2.60. The minimum Gasteiger partial charge on any atom is -0.311 e. The van der Waals surface area contributed by atoms with Gasteiger partial charge in [-0.05, 0) is 101 Å². The van der Waals surface area contributed by atoms with E-state index in [0.29, 0.717) is 0 Å². The van der Waals surface area contributed by atoms with E-state index in [0.717, 1.165) is 28.4 Å². The predicted octanol–water partition coefficient (Wildman–Crippen LogP) is 12.0. The summed E-state index contributed by atoms with van der Waals surface area (Å²) in [5.41, 5.74) is 18.1. The van der Waals surface area contributed by atoms with Crippen molar-refractivity contribution in [1.82, 2.24) is 9.13 Å². The first kappa shape index (κ1) is 32.3. The molecule has 0 saturated heterocycles. The standard InChI is InChI=1S/C54H35BN4/c1-5-19-36(20-6-1)56(37-21-7-2-8-22-37)40-33-49-53-50(34-40)59-46-31-17-14-28-42(46)52-51-41-27-13-16-30-45(41)57(38-23-9-3-10-24-38)48(51)35-44(54(52)59)55(53)43-29-15-18-32-47(43)58(49)39-25-11-4-12-26-39/h1-35H. The molecule has 2 aromatic heterocycles. The van der Waals surface area contributed by atoms with E-state index in [4.69, 9.17) is 0 Å². The van der Waals surface area contributed by atoms with E-state index < -0.39 is 0 Å². The molecule has 9 aromatic carbocycles. The SMILES string of the molecule is c1ccc(N(c2ccccc2)c2cc3c4c(c2)-n2c5ccccc5c5c6c7ccccc7n(-c7ccccc7)c6cc(c52)B4c2ccccc2N3c2ccccc2)cc1. The van der Waals surface area contributed by atoms with E-state index in [1.807, 2.05) is 0 Å². The molecule has 0 saturated carbocycles. The van der Waals surface area contributed by atoms with Crippen LogP contribution in [0, 0.1) is 0 Å². The maximum atomic E-state index is 2.60. The predicted molar refractivity (Wildman–Crippen MR) is 249 cm³/mol. The third kappa shape index (κ3) is 4.50. The number of benzene rings is 9. The summed E-state index contributed by atoms with van der Waals surface area (Å²) in [5, 5.41) is 5.13. The molecular formula is C54H35BN4. The lowest BCUT2D eigenvalue weighted by molar-refractivity contribution is 1.16. The van der Waals surface area contributed by atoms with Crippen LogP contribution < -0.4 is 26.2 Å². The zero-order valence-corrected chi connectivity index (χ0v) is 32.1. The molecule has 0 spiro atoms. The fourth-order valence-electron chi connectivity index (χ4n) is 10.4. The molecular weight excluding hydrogens is 715 g/mol. The van der Waals surface area contributed by atoms with Crippen molar-refractivity contribution in [2.75, 3.05) is 9.80 Å². The van der Waals surface area contributed by atoms with E-state index in [-0.39, 0.29) is 6.71 Å². The lowest BCUT2D eigenvalue weighted by Gasteiger charge is -2.41. The number of hydrogen-bond donors (Lipinski definition) is 0. The van der Waals surface area contributed by atoms with Crippen molar-refractivity contribution in [3.05, 3.63) is 212 Å². The van der Waals surface area contributed by atoms with E-state index >= 15 is 0 Å². The van der Waals surface area contributed by atoms with Crippen molar-refractivity contribution in [3.8, 4) is 11.4 Å². The Morgan fingerprint density at radius 1 is 0.356 bits per heavy atom. The van der Waals surface area contributed by atoms with Crippen LogP contribution in [0.15, 0.2) is 212 Å². The summed E-state index contributed by atoms with van der Waals surface area (Å²) in [6.07, 6.45) is 0. The Kier molecular flexibility index (Phi) is 6.78. The van der Waals surface area contributed by atoms with Crippen LogP contribution in [-0.4, -0.2) is 15.8 Å². The minimum atomic E-state index is -0.0157. The van der Waals surface area contributed by atoms with Gasteiger partial charge in [0, 0.05) is 61.4 Å². The highest BCUT2D eigenvalue weighted by Crippen LogP contribution is 2.48. The van der Waals surface area contributed by atoms with Crippen molar-refractivity contribution in [2.45, 2.75) is 0 Å². The highest BCUT2D eigenvalue weighted by molar-refractivity contribution is 7.00. The molecule has 2 aliphatic heterocycles. The Bertz CT molecular complexity index is 3410. The second-order valence-electron chi connectivity index (χ2n) is 15.7. The van der Waals surface area contributed by atoms with Gasteiger partial charge in [0.1, 0.15) is 0 Å². The summed E-state index contributed by atoms with van der Waals surface area (Å²) in [7, 11) is 0. The molecule has 0 N–H and O–H groups in total. The molecule has 0 radical (unpaired) electrons. The van der Waals surface area contributed by atoms with Crippen LogP contribution in [0.3, 0.4) is 0 Å². The summed E-state index contributed by atoms with van der Waals surface area (Å²) >= 11 is 0. The second-order valence-corrected chi connectivity index (χ2v) is 15.7. The van der Waals surface area contributed by atoms with Gasteiger partial charge in [0.25, 0.3) is 6.71 Å². The molecule has 274 valence electrons. The minimum absolute atomic E-state index is 0.0157. The maximum Gasteiger partial charge on any atom is 0.252 e. The Morgan fingerprint density at radius 2 is 0.881 bits per heavy atom. The molecule has 0 atom stereocenters. The van der Waals surface area contributed by atoms with Crippen LogP contribution in [0.25, 0.3) is 55.0 Å². The number of hydrogen-bond acceptors (Lipinski definition) is 2. The van der Waals surface area contributed by atoms with E-state index in [9.17, 15) is 0 Å². The molecule has 4 nitrogen and oxygen atoms in total. The van der Waals surface area contributed by atoms with Gasteiger partial charge >= 0.3 is 0 Å². The summed E-state index contributed by atoms with van der Waals surface area (Å²) in [6.45, 7) is -0.0157. The van der Waals surface area contributed by atoms with Crippen LogP contribution in [0.1, 0.15) is 0 Å². The fraction of sp³-hybridized carbons (Fsp3) is 0. The zero-order valence-electron chi connectivity index (χ0n) is 32.1. The molecule has 13 rings (SSSR count). The Morgan fingerprint density at radius 3 is 1.56 bits per heavy atom. The van der Waals surface area contributed by atoms with Gasteiger partial charge in [0.05, 0.1) is 27.8 Å². The number of aromatic nitrogens is 2. The Hall–Kier alpha value is -7.76. The van der Waals surface area contributed by atoms with Gasteiger partial charge in [-0.1, -0.05) is 127 Å². The monoisotopic (exact) mass is 750 g/mol. The van der Waals surface area contributed by atoms with Gasteiger partial charge in [-0.15, -0.1) is 0 Å². The lowest BCUT2D eigenvalue weighted by atomic mass is 9.33. The number of rotatable bonds is 5. The third-order valence-corrected chi connectivity index (χ3v) is 12.6. The number of para-hydroxylation sites is 7. The molecule has 0 amide bonds. The zero-order chi connectivity index (χ0) is 38.6. The average Bonchev–Trinajstić information content (AvgIpc) is 3.82. The topological polar surface area (TPSA) is 16.3 Å². The first-order valence-electron chi connectivity index (χ1n) is 20.4. The molecule has 4 heterocycles. The van der Waals surface area contributed by atoms with Crippen molar-refractivity contribution in [3.63, 3.8) is 0 Å². The Labute approximate surface area is 342 Å². The molecule has 5 heteroatoms. The first-order chi connectivity index (χ1) is 29.3. The van der Waals surface area contributed by atoms with Crippen LogP contribution in [-0.2, 0) is 0 Å². The molecule has 0 fully saturated rings. The van der Waals surface area contributed by atoms with Crippen molar-refractivity contribution in [2.24, 2.45) is 0 Å². The summed E-state index contributed by atoms with van der Waals surface area (Å²) < 4.78 is 5.08. The number of nitrogens with zero attached hydrogens (tertiary/aromatic N) is 4. The maximum absolute atomic E-state index is 2.60. The normalized spacial score (nSPS) is 12.7. The average molecular weight is 751 g/mol. The smallest absolute Gasteiger partial charge is 0.252 e. The van der Waals surface area contributed by atoms with Gasteiger partial charge in [0.2, 0.25) is 0 Å². The van der Waals surface area contributed by atoms with E-state index in [2.05, 4.69) is 231 Å². The van der Waals surface area contributed by atoms with Crippen molar-refractivity contribution < 1.29 is 0 Å². The first-order valence-corrected chi connectivity index (χ1v) is 20.4. The summed E-state index contributed by atoms with van der Waals surface area (Å²) in [6, 6.07) is 77.8. The van der Waals surface area contributed by atoms with Crippen LogP contribution in [0.2, 0.25) is 0 Å². The Balaban J connectivity index is 1.24. The van der Waals surface area contributed by atoms with Crippen LogP contribution in [0.4, 0.5) is 34.1 Å². The van der Waals surface area contributed by atoms with Gasteiger partial charge < -0.3 is 18.9 Å². The highest BCUT2D eigenvalue weighted by atomic mass is 15.2. The number of anilines is 6. The van der Waals surface area contributed by atoms with Gasteiger partial charge in [0.15, 0.2) is 0 Å². The third-order valence-electron chi connectivity index (χ3n) is 12.6. The molecule has 2 aliphatic rings. The van der Waals surface area contributed by atoms with Gasteiger partial charge in [-0.3, -0.25) is 0 Å². The summed E-state index contributed by atoms with van der Waals surface area (Å²) in [5.74, 6) is 0. The molecule has 59 heavy (non-hydrogen) atoms. The van der Waals surface area contributed by atoms with Crippen LogP contribution in [0.5, 0.6) is 0 Å². The van der Waals surface area contributed by atoms with E-state index in [1.165, 1.54) is 77.1 Å². The summed E-state index contributed by atoms with van der Waals surface area (Å²) in [4.78, 5) is 4.90. The fourth-order valence-corrected chi connectivity index (χ4v) is 10.4. The van der Waals surface area contributed by atoms with Gasteiger partial charge in [-0.2, -0.15) is 0 Å². The highest BCUT2D eigenvalue weighted by Gasteiger charge is 2.43. The van der Waals surface area contributed by atoms with Crippen molar-refractivity contribution in [1.29, 1.82) is 0 Å². The largest absolute Gasteiger partial charge is 0.311 e. The van der Waals surface area contributed by atoms with Crippen LogP contribution >= 0.6 is 0 Å². The van der Waals surface area contributed by atoms with Crippen molar-refractivity contribution >= 4 is 101 Å².